The molecule has 9 nitrogen and oxygen atoms in total. The van der Waals surface area contributed by atoms with Crippen LogP contribution in [-0.2, 0) is 10.0 Å². The van der Waals surface area contributed by atoms with Crippen molar-refractivity contribution in [3.63, 3.8) is 0 Å². The molecule has 0 aliphatic carbocycles. The van der Waals surface area contributed by atoms with Gasteiger partial charge in [-0.3, -0.25) is 0 Å². The number of sulfonamides is 1. The standard InChI is InChI=1S/C21H37N5O4S/c1-16-8-10-19(11-9-16)31(29,30)26(14-12-22-20(4,5)17(2)24-27)15-13-23-21(6,7)18(3)25-28/h8-11,22-23,27-28H,12-15H2,1-7H3/b24-17+,25-18+. The summed E-state index contributed by atoms with van der Waals surface area (Å²) in [6.07, 6.45) is 0. The molecule has 0 unspecified atom stereocenters. The number of benzene rings is 1. The average molecular weight is 456 g/mol. The fourth-order valence-corrected chi connectivity index (χ4v) is 4.14. The van der Waals surface area contributed by atoms with Gasteiger partial charge in [0.25, 0.3) is 0 Å². The summed E-state index contributed by atoms with van der Waals surface area (Å²) >= 11 is 0. The summed E-state index contributed by atoms with van der Waals surface area (Å²) in [4.78, 5) is 0.234. The van der Waals surface area contributed by atoms with Crippen molar-refractivity contribution in [3.05, 3.63) is 29.8 Å². The lowest BCUT2D eigenvalue weighted by atomic mass is 10.00. The summed E-state index contributed by atoms with van der Waals surface area (Å²) < 4.78 is 28.0. The predicted octanol–water partition coefficient (Wildman–Crippen LogP) is 2.42. The molecule has 0 amide bonds. The second-order valence-electron chi connectivity index (χ2n) is 8.69. The first-order valence-electron chi connectivity index (χ1n) is 10.2. The van der Waals surface area contributed by atoms with Crippen LogP contribution in [0.3, 0.4) is 0 Å². The lowest BCUT2D eigenvalue weighted by Gasteiger charge is -2.30. The Morgan fingerprint density at radius 3 is 1.65 bits per heavy atom. The van der Waals surface area contributed by atoms with Crippen molar-refractivity contribution in [3.8, 4) is 0 Å². The minimum Gasteiger partial charge on any atom is -0.411 e. The molecule has 4 N–H and O–H groups in total. The monoisotopic (exact) mass is 455 g/mol. The predicted molar refractivity (Wildman–Crippen MR) is 124 cm³/mol. The summed E-state index contributed by atoms with van der Waals surface area (Å²) in [5.41, 5.74) is 0.825. The van der Waals surface area contributed by atoms with E-state index in [0.29, 0.717) is 24.5 Å². The highest BCUT2D eigenvalue weighted by Crippen LogP contribution is 2.16. The van der Waals surface area contributed by atoms with Gasteiger partial charge in [0.1, 0.15) is 0 Å². The normalized spacial score (nSPS) is 14.3. The quantitative estimate of drug-likeness (QED) is 0.218. The van der Waals surface area contributed by atoms with Gasteiger partial charge in [0.2, 0.25) is 10.0 Å². The molecule has 176 valence electrons. The van der Waals surface area contributed by atoms with Gasteiger partial charge in [0, 0.05) is 26.2 Å². The van der Waals surface area contributed by atoms with Crippen molar-refractivity contribution in [2.45, 2.75) is 64.4 Å². The number of rotatable bonds is 12. The topological polar surface area (TPSA) is 127 Å². The smallest absolute Gasteiger partial charge is 0.243 e. The number of nitrogens with zero attached hydrogens (tertiary/aromatic N) is 3. The lowest BCUT2D eigenvalue weighted by Crippen LogP contribution is -2.51. The van der Waals surface area contributed by atoms with Crippen LogP contribution < -0.4 is 10.6 Å². The largest absolute Gasteiger partial charge is 0.411 e. The van der Waals surface area contributed by atoms with Gasteiger partial charge < -0.3 is 21.0 Å². The first kappa shape index (κ1) is 27.0. The zero-order valence-electron chi connectivity index (χ0n) is 19.6. The molecule has 1 aromatic rings. The van der Waals surface area contributed by atoms with Crippen molar-refractivity contribution < 1.29 is 18.8 Å². The first-order valence-corrected chi connectivity index (χ1v) is 11.7. The van der Waals surface area contributed by atoms with Crippen LogP contribution in [0, 0.1) is 6.92 Å². The average Bonchev–Trinajstić information content (AvgIpc) is 2.71. The Bertz CT molecular complexity index is 842. The number of hydrogen-bond donors (Lipinski definition) is 4. The fourth-order valence-electron chi connectivity index (χ4n) is 2.70. The third-order valence-electron chi connectivity index (χ3n) is 5.62. The van der Waals surface area contributed by atoms with E-state index in [4.69, 9.17) is 10.4 Å². The Kier molecular flexibility index (Phi) is 9.62. The maximum atomic E-state index is 13.3. The number of nitrogens with one attached hydrogen (secondary N) is 2. The van der Waals surface area contributed by atoms with Crippen LogP contribution in [0.15, 0.2) is 39.5 Å². The molecule has 0 aromatic heterocycles. The fraction of sp³-hybridized carbons (Fsp3) is 0.619. The van der Waals surface area contributed by atoms with Crippen molar-refractivity contribution in [1.29, 1.82) is 0 Å². The number of oxime groups is 2. The molecular weight excluding hydrogens is 418 g/mol. The molecule has 31 heavy (non-hydrogen) atoms. The number of hydrogen-bond acceptors (Lipinski definition) is 8. The molecule has 1 rings (SSSR count). The molecule has 0 saturated carbocycles. The second kappa shape index (κ2) is 11.0. The molecule has 0 bridgehead atoms. The summed E-state index contributed by atoms with van der Waals surface area (Å²) in [5.74, 6) is 0. The van der Waals surface area contributed by atoms with E-state index in [1.165, 1.54) is 4.31 Å². The molecule has 10 heteroatoms. The zero-order valence-corrected chi connectivity index (χ0v) is 20.4. The van der Waals surface area contributed by atoms with Crippen LogP contribution in [-0.4, -0.2) is 71.8 Å². The highest BCUT2D eigenvalue weighted by molar-refractivity contribution is 7.89. The molecule has 0 radical (unpaired) electrons. The highest BCUT2D eigenvalue weighted by Gasteiger charge is 2.28. The molecule has 0 atom stereocenters. The lowest BCUT2D eigenvalue weighted by molar-refractivity contribution is 0.307. The van der Waals surface area contributed by atoms with Gasteiger partial charge in [-0.05, 0) is 60.6 Å². The van der Waals surface area contributed by atoms with Gasteiger partial charge in [-0.15, -0.1) is 0 Å². The van der Waals surface area contributed by atoms with Crippen LogP contribution in [0.4, 0.5) is 0 Å². The van der Waals surface area contributed by atoms with Crippen molar-refractivity contribution in [2.24, 2.45) is 10.3 Å². The first-order chi connectivity index (χ1) is 14.3. The number of aryl methyl sites for hydroxylation is 1. The molecule has 0 heterocycles. The maximum Gasteiger partial charge on any atom is 0.243 e. The van der Waals surface area contributed by atoms with Gasteiger partial charge in [0.05, 0.1) is 27.4 Å². The van der Waals surface area contributed by atoms with Crippen molar-refractivity contribution in [1.82, 2.24) is 14.9 Å². The highest BCUT2D eigenvalue weighted by atomic mass is 32.2. The molecule has 0 fully saturated rings. The second-order valence-corrected chi connectivity index (χ2v) is 10.6. The molecular formula is C21H37N5O4S. The minimum absolute atomic E-state index is 0.230. The van der Waals surface area contributed by atoms with Crippen LogP contribution in [0.25, 0.3) is 0 Å². The van der Waals surface area contributed by atoms with E-state index < -0.39 is 21.1 Å². The SMILES string of the molecule is C/C(=N\O)C(C)(C)NCCN(CCNC(C)(C)/C(C)=N/O)S(=O)(=O)c1ccc(C)cc1. The van der Waals surface area contributed by atoms with E-state index in [1.54, 1.807) is 38.1 Å². The van der Waals surface area contributed by atoms with Crippen LogP contribution in [0.2, 0.25) is 0 Å². The molecule has 0 aliphatic rings. The summed E-state index contributed by atoms with van der Waals surface area (Å²) in [6.45, 7) is 13.9. The summed E-state index contributed by atoms with van der Waals surface area (Å²) in [6, 6.07) is 6.76. The van der Waals surface area contributed by atoms with Crippen LogP contribution in [0.1, 0.15) is 47.1 Å². The van der Waals surface area contributed by atoms with E-state index in [1.807, 2.05) is 34.6 Å². The van der Waals surface area contributed by atoms with Crippen molar-refractivity contribution >= 4 is 21.4 Å². The van der Waals surface area contributed by atoms with E-state index in [-0.39, 0.29) is 18.0 Å². The molecule has 1 aromatic carbocycles. The molecule has 0 aliphatic heterocycles. The Balaban J connectivity index is 3.00. The Hall–Kier alpha value is -2.01. The summed E-state index contributed by atoms with van der Waals surface area (Å²) in [5, 5.41) is 31.0. The Labute approximate surface area is 186 Å². The zero-order chi connectivity index (χ0) is 23.9. The van der Waals surface area contributed by atoms with Gasteiger partial charge in [0.15, 0.2) is 0 Å². The molecule has 0 saturated heterocycles. The van der Waals surface area contributed by atoms with Gasteiger partial charge >= 0.3 is 0 Å². The van der Waals surface area contributed by atoms with E-state index in [2.05, 4.69) is 20.9 Å². The summed E-state index contributed by atoms with van der Waals surface area (Å²) in [7, 11) is -3.71. The maximum absolute atomic E-state index is 13.3. The van der Waals surface area contributed by atoms with E-state index in [9.17, 15) is 8.42 Å². The van der Waals surface area contributed by atoms with E-state index >= 15 is 0 Å². The van der Waals surface area contributed by atoms with Gasteiger partial charge in [-0.25, -0.2) is 8.42 Å². The van der Waals surface area contributed by atoms with Crippen molar-refractivity contribution in [2.75, 3.05) is 26.2 Å². The Morgan fingerprint density at radius 2 is 1.29 bits per heavy atom. The minimum atomic E-state index is -3.71. The van der Waals surface area contributed by atoms with Gasteiger partial charge in [-0.1, -0.05) is 28.0 Å². The van der Waals surface area contributed by atoms with Gasteiger partial charge in [-0.2, -0.15) is 4.31 Å². The van der Waals surface area contributed by atoms with Crippen LogP contribution in [0.5, 0.6) is 0 Å². The molecule has 0 spiro atoms. The third-order valence-corrected chi connectivity index (χ3v) is 7.54. The Morgan fingerprint density at radius 1 is 0.903 bits per heavy atom. The van der Waals surface area contributed by atoms with Crippen LogP contribution >= 0.6 is 0 Å². The third kappa shape index (κ3) is 7.57. The van der Waals surface area contributed by atoms with E-state index in [0.717, 1.165) is 5.56 Å².